The van der Waals surface area contributed by atoms with E-state index in [1.807, 2.05) is 0 Å². The van der Waals surface area contributed by atoms with E-state index in [1.165, 1.54) is 0 Å². The Morgan fingerprint density at radius 2 is 2.47 bits per heavy atom. The van der Waals surface area contributed by atoms with Crippen molar-refractivity contribution in [3.8, 4) is 11.5 Å². The highest BCUT2D eigenvalue weighted by molar-refractivity contribution is 6.29. The predicted molar refractivity (Wildman–Crippen MR) is 57.4 cm³/mol. The average Bonchev–Trinajstić information content (AvgIpc) is 2.57. The topological polar surface area (TPSA) is 38.7 Å². The summed E-state index contributed by atoms with van der Waals surface area (Å²) < 4.78 is 10.6. The summed E-state index contributed by atoms with van der Waals surface area (Å²) in [5.41, 5.74) is 0.798. The van der Waals surface area contributed by atoms with E-state index in [9.17, 15) is 5.11 Å². The lowest BCUT2D eigenvalue weighted by molar-refractivity contribution is 0.140. The molecule has 1 aliphatic rings. The molecule has 0 spiro atoms. The van der Waals surface area contributed by atoms with Crippen molar-refractivity contribution in [3.63, 3.8) is 0 Å². The molecule has 1 aromatic rings. The number of ether oxygens (including phenoxy) is 2. The molecule has 1 unspecified atom stereocenters. The molecule has 2 rings (SSSR count). The van der Waals surface area contributed by atoms with Gasteiger partial charge >= 0.3 is 0 Å². The van der Waals surface area contributed by atoms with Crippen molar-refractivity contribution in [2.75, 3.05) is 13.2 Å². The van der Waals surface area contributed by atoms with Gasteiger partial charge < -0.3 is 14.6 Å². The van der Waals surface area contributed by atoms with Gasteiger partial charge in [0.2, 0.25) is 0 Å². The van der Waals surface area contributed by atoms with Crippen LogP contribution in [0.5, 0.6) is 11.5 Å². The lowest BCUT2D eigenvalue weighted by atomic mass is 10.1. The molecule has 0 amide bonds. The second kappa shape index (κ2) is 4.13. The number of hydrogen-bond donors (Lipinski definition) is 1. The Balaban J connectivity index is 2.12. The number of hydrogen-bond acceptors (Lipinski definition) is 3. The Morgan fingerprint density at radius 1 is 1.67 bits per heavy atom. The first-order valence-corrected chi connectivity index (χ1v) is 4.95. The average molecular weight is 227 g/mol. The molecule has 0 saturated heterocycles. The van der Waals surface area contributed by atoms with Gasteiger partial charge in [-0.3, -0.25) is 0 Å². The molecule has 0 saturated carbocycles. The molecule has 1 heterocycles. The van der Waals surface area contributed by atoms with Gasteiger partial charge in [0.1, 0.15) is 30.8 Å². The van der Waals surface area contributed by atoms with Gasteiger partial charge in [0, 0.05) is 16.7 Å². The van der Waals surface area contributed by atoms with Gasteiger partial charge in [0.15, 0.2) is 0 Å². The van der Waals surface area contributed by atoms with Gasteiger partial charge in [0.05, 0.1) is 0 Å². The zero-order valence-corrected chi connectivity index (χ0v) is 8.83. The van der Waals surface area contributed by atoms with E-state index in [0.717, 1.165) is 5.56 Å². The van der Waals surface area contributed by atoms with Gasteiger partial charge in [-0.1, -0.05) is 18.2 Å². The molecule has 1 atom stereocenters. The lowest BCUT2D eigenvalue weighted by Crippen LogP contribution is -1.97. The number of fused-ring (bicyclic) bond motifs is 1. The Labute approximate surface area is 92.9 Å². The van der Waals surface area contributed by atoms with Crippen LogP contribution < -0.4 is 9.47 Å². The lowest BCUT2D eigenvalue weighted by Gasteiger charge is -2.06. The maximum Gasteiger partial charge on any atom is 0.129 e. The first-order valence-electron chi connectivity index (χ1n) is 4.57. The zero-order chi connectivity index (χ0) is 10.8. The fourth-order valence-corrected chi connectivity index (χ4v) is 1.48. The first kappa shape index (κ1) is 10.3. The van der Waals surface area contributed by atoms with Crippen LogP contribution in [0.3, 0.4) is 0 Å². The van der Waals surface area contributed by atoms with Crippen LogP contribution in [0.4, 0.5) is 0 Å². The normalized spacial score (nSPS) is 18.1. The van der Waals surface area contributed by atoms with Crippen molar-refractivity contribution in [2.45, 2.75) is 6.10 Å². The summed E-state index contributed by atoms with van der Waals surface area (Å²) in [5, 5.41) is 9.93. The van der Waals surface area contributed by atoms with Crippen molar-refractivity contribution in [1.82, 2.24) is 0 Å². The molecule has 15 heavy (non-hydrogen) atoms. The zero-order valence-electron chi connectivity index (χ0n) is 8.07. The monoisotopic (exact) mass is 226 g/mol. The second-order valence-electron chi connectivity index (χ2n) is 3.33. The summed E-state index contributed by atoms with van der Waals surface area (Å²) in [6, 6.07) is 5.31. The Hall–Kier alpha value is -1.19. The third-order valence-electron chi connectivity index (χ3n) is 2.14. The van der Waals surface area contributed by atoms with E-state index in [-0.39, 0.29) is 6.61 Å². The van der Waals surface area contributed by atoms with Crippen molar-refractivity contribution in [2.24, 2.45) is 0 Å². The van der Waals surface area contributed by atoms with Gasteiger partial charge in [-0.2, -0.15) is 0 Å². The Bertz CT molecular complexity index is 389. The number of benzene rings is 1. The van der Waals surface area contributed by atoms with Crippen LogP contribution >= 0.6 is 11.6 Å². The third kappa shape index (κ3) is 2.25. The van der Waals surface area contributed by atoms with Crippen LogP contribution in [0.15, 0.2) is 29.8 Å². The second-order valence-corrected chi connectivity index (χ2v) is 3.87. The standard InChI is InChI=1S/C11H11ClO3/c1-7(12)5-14-8-2-3-9-10(13)6-15-11(9)4-8/h2-4,10,13H,1,5-6H2. The van der Waals surface area contributed by atoms with Crippen molar-refractivity contribution < 1.29 is 14.6 Å². The number of rotatable bonds is 3. The summed E-state index contributed by atoms with van der Waals surface area (Å²) in [7, 11) is 0. The van der Waals surface area contributed by atoms with Crippen LogP contribution in [-0.2, 0) is 0 Å². The molecule has 0 aromatic heterocycles. The van der Waals surface area contributed by atoms with Gasteiger partial charge in [-0.25, -0.2) is 0 Å². The van der Waals surface area contributed by atoms with Crippen LogP contribution in [-0.4, -0.2) is 18.3 Å². The molecule has 0 bridgehead atoms. The van der Waals surface area contributed by atoms with E-state index in [4.69, 9.17) is 21.1 Å². The van der Waals surface area contributed by atoms with E-state index >= 15 is 0 Å². The molecule has 80 valence electrons. The first-order chi connectivity index (χ1) is 7.16. The Kier molecular flexibility index (Phi) is 2.84. The predicted octanol–water partition coefficient (Wildman–Crippen LogP) is 2.24. The third-order valence-corrected chi connectivity index (χ3v) is 2.25. The molecule has 4 heteroatoms. The van der Waals surface area contributed by atoms with Gasteiger partial charge in [0.25, 0.3) is 0 Å². The number of halogens is 1. The van der Waals surface area contributed by atoms with Crippen molar-refractivity contribution >= 4 is 11.6 Å². The maximum atomic E-state index is 9.49. The van der Waals surface area contributed by atoms with Crippen LogP contribution in [0, 0.1) is 0 Å². The molecular weight excluding hydrogens is 216 g/mol. The van der Waals surface area contributed by atoms with Gasteiger partial charge in [-0.05, 0) is 12.1 Å². The SMILES string of the molecule is C=C(Cl)COc1ccc2c(c1)OCC2O. The van der Waals surface area contributed by atoms with Crippen molar-refractivity contribution in [1.29, 1.82) is 0 Å². The smallest absolute Gasteiger partial charge is 0.129 e. The van der Waals surface area contributed by atoms with Crippen LogP contribution in [0.2, 0.25) is 0 Å². The van der Waals surface area contributed by atoms with E-state index in [1.54, 1.807) is 18.2 Å². The molecule has 0 fully saturated rings. The van der Waals surface area contributed by atoms with Crippen LogP contribution in [0.25, 0.3) is 0 Å². The van der Waals surface area contributed by atoms with E-state index < -0.39 is 6.10 Å². The molecule has 1 aromatic carbocycles. The largest absolute Gasteiger partial charge is 0.490 e. The Morgan fingerprint density at radius 3 is 3.20 bits per heavy atom. The molecule has 1 aliphatic heterocycles. The fourth-order valence-electron chi connectivity index (χ4n) is 1.42. The summed E-state index contributed by atoms with van der Waals surface area (Å²) in [6.07, 6.45) is -0.531. The summed E-state index contributed by atoms with van der Waals surface area (Å²) in [5.74, 6) is 1.32. The molecule has 0 aliphatic carbocycles. The highest BCUT2D eigenvalue weighted by atomic mass is 35.5. The molecular formula is C11H11ClO3. The summed E-state index contributed by atoms with van der Waals surface area (Å²) >= 11 is 5.58. The molecule has 0 radical (unpaired) electrons. The number of aliphatic hydroxyl groups is 1. The highest BCUT2D eigenvalue weighted by Gasteiger charge is 2.21. The minimum absolute atomic E-state index is 0.267. The minimum Gasteiger partial charge on any atom is -0.490 e. The van der Waals surface area contributed by atoms with E-state index in [2.05, 4.69) is 6.58 Å². The molecule has 1 N–H and O–H groups in total. The van der Waals surface area contributed by atoms with Crippen LogP contribution in [0.1, 0.15) is 11.7 Å². The highest BCUT2D eigenvalue weighted by Crippen LogP contribution is 2.35. The minimum atomic E-state index is -0.531. The quantitative estimate of drug-likeness (QED) is 0.859. The van der Waals surface area contributed by atoms with Crippen molar-refractivity contribution in [3.05, 3.63) is 35.4 Å². The molecule has 3 nitrogen and oxygen atoms in total. The van der Waals surface area contributed by atoms with E-state index in [0.29, 0.717) is 23.1 Å². The fraction of sp³-hybridized carbons (Fsp3) is 0.273. The number of aliphatic hydroxyl groups excluding tert-OH is 1. The summed E-state index contributed by atoms with van der Waals surface area (Å²) in [6.45, 7) is 4.10. The van der Waals surface area contributed by atoms with Gasteiger partial charge in [-0.15, -0.1) is 0 Å². The maximum absolute atomic E-state index is 9.49. The summed E-state index contributed by atoms with van der Waals surface area (Å²) in [4.78, 5) is 0.